The van der Waals surface area contributed by atoms with E-state index >= 15 is 0 Å². The summed E-state index contributed by atoms with van der Waals surface area (Å²) in [5.74, 6) is 0.587. The third kappa shape index (κ3) is 3.35. The monoisotopic (exact) mass is 347 g/mol. The van der Waals surface area contributed by atoms with E-state index in [9.17, 15) is 9.90 Å². The first-order valence-corrected chi connectivity index (χ1v) is 8.89. The van der Waals surface area contributed by atoms with Crippen molar-refractivity contribution in [2.24, 2.45) is 5.41 Å². The standard InChI is InChI=1S/C18H29N5O2/c1-13-14(15(24)23-11-17(2,3)18(4,25)12-23)10-19-16(20-13)22-8-6-21(5)7-9-22/h10,25H,6-9,11-12H2,1-5H3/t18-/m1/s1. The Labute approximate surface area is 149 Å². The summed E-state index contributed by atoms with van der Waals surface area (Å²) in [5, 5.41) is 10.6. The van der Waals surface area contributed by atoms with Crippen LogP contribution in [0.4, 0.5) is 5.95 Å². The lowest BCUT2D eigenvalue weighted by molar-refractivity contribution is -0.0108. The number of carbonyl (C=O) groups excluding carboxylic acids is 1. The number of likely N-dealkylation sites (tertiary alicyclic amines) is 1. The molecule has 3 rings (SSSR count). The molecular formula is C18H29N5O2. The molecule has 7 heteroatoms. The summed E-state index contributed by atoms with van der Waals surface area (Å²) in [6.07, 6.45) is 1.64. The lowest BCUT2D eigenvalue weighted by atomic mass is 9.79. The van der Waals surface area contributed by atoms with Crippen molar-refractivity contribution < 1.29 is 9.90 Å². The molecule has 2 fully saturated rings. The van der Waals surface area contributed by atoms with E-state index in [1.54, 1.807) is 18.0 Å². The molecule has 1 aromatic heterocycles. The van der Waals surface area contributed by atoms with Gasteiger partial charge in [-0.15, -0.1) is 0 Å². The zero-order valence-electron chi connectivity index (χ0n) is 15.9. The molecule has 1 N–H and O–H groups in total. The maximum Gasteiger partial charge on any atom is 0.257 e. The molecule has 0 spiro atoms. The summed E-state index contributed by atoms with van der Waals surface area (Å²) in [6.45, 7) is 12.2. The predicted molar refractivity (Wildman–Crippen MR) is 96.8 cm³/mol. The van der Waals surface area contributed by atoms with Crippen molar-refractivity contribution in [3.05, 3.63) is 17.5 Å². The maximum absolute atomic E-state index is 12.9. The number of rotatable bonds is 2. The van der Waals surface area contributed by atoms with Crippen molar-refractivity contribution in [1.82, 2.24) is 19.8 Å². The lowest BCUT2D eigenvalue weighted by Gasteiger charge is -2.32. The Kier molecular flexibility index (Phi) is 4.49. The van der Waals surface area contributed by atoms with Crippen LogP contribution in [0.15, 0.2) is 6.20 Å². The molecule has 0 aromatic carbocycles. The van der Waals surface area contributed by atoms with Crippen molar-refractivity contribution in [3.8, 4) is 0 Å². The molecule has 2 aliphatic heterocycles. The Balaban J connectivity index is 1.76. The second-order valence-electron chi connectivity index (χ2n) is 8.28. The van der Waals surface area contributed by atoms with Gasteiger partial charge in [0.1, 0.15) is 0 Å². The highest BCUT2D eigenvalue weighted by Gasteiger charge is 2.49. The molecule has 1 aromatic rings. The number of hydrogen-bond donors (Lipinski definition) is 1. The van der Waals surface area contributed by atoms with Gasteiger partial charge < -0.3 is 19.8 Å². The maximum atomic E-state index is 12.9. The van der Waals surface area contributed by atoms with Gasteiger partial charge in [-0.25, -0.2) is 9.97 Å². The van der Waals surface area contributed by atoms with Crippen LogP contribution >= 0.6 is 0 Å². The van der Waals surface area contributed by atoms with Crippen LogP contribution in [0.25, 0.3) is 0 Å². The van der Waals surface area contributed by atoms with Crippen molar-refractivity contribution in [2.75, 3.05) is 51.2 Å². The van der Waals surface area contributed by atoms with E-state index in [4.69, 9.17) is 0 Å². The predicted octanol–water partition coefficient (Wildman–Crippen LogP) is 0.770. The number of aromatic nitrogens is 2. The molecule has 2 saturated heterocycles. The number of aryl methyl sites for hydroxylation is 1. The number of nitrogens with zero attached hydrogens (tertiary/aromatic N) is 5. The fourth-order valence-corrected chi connectivity index (χ4v) is 3.43. The molecule has 7 nitrogen and oxygen atoms in total. The zero-order chi connectivity index (χ0) is 18.4. The van der Waals surface area contributed by atoms with Gasteiger partial charge in [0.05, 0.1) is 23.4 Å². The summed E-state index contributed by atoms with van der Waals surface area (Å²) in [7, 11) is 2.11. The quantitative estimate of drug-likeness (QED) is 0.852. The molecule has 0 bridgehead atoms. The minimum Gasteiger partial charge on any atom is -0.388 e. The summed E-state index contributed by atoms with van der Waals surface area (Å²) in [5.41, 5.74) is -0.0152. The number of hydrogen-bond acceptors (Lipinski definition) is 6. The van der Waals surface area contributed by atoms with E-state index in [0.29, 0.717) is 30.3 Å². The van der Waals surface area contributed by atoms with Crippen molar-refractivity contribution in [3.63, 3.8) is 0 Å². The van der Waals surface area contributed by atoms with Crippen molar-refractivity contribution in [1.29, 1.82) is 0 Å². The first kappa shape index (κ1) is 18.1. The summed E-state index contributed by atoms with van der Waals surface area (Å²) < 4.78 is 0. The Hall–Kier alpha value is -1.73. The van der Waals surface area contributed by atoms with Gasteiger partial charge >= 0.3 is 0 Å². The van der Waals surface area contributed by atoms with E-state index in [-0.39, 0.29) is 11.3 Å². The normalized spacial score (nSPS) is 27.0. The van der Waals surface area contributed by atoms with E-state index in [2.05, 4.69) is 26.8 Å². The Bertz CT molecular complexity index is 649. The van der Waals surface area contributed by atoms with Gasteiger partial charge in [-0.2, -0.15) is 0 Å². The first-order valence-electron chi connectivity index (χ1n) is 8.89. The van der Waals surface area contributed by atoms with Crippen LogP contribution in [0.2, 0.25) is 0 Å². The van der Waals surface area contributed by atoms with E-state index in [1.807, 2.05) is 20.8 Å². The zero-order valence-corrected chi connectivity index (χ0v) is 15.9. The Morgan fingerprint density at radius 3 is 2.32 bits per heavy atom. The fourth-order valence-electron chi connectivity index (χ4n) is 3.43. The van der Waals surface area contributed by atoms with Crippen molar-refractivity contribution in [2.45, 2.75) is 33.3 Å². The van der Waals surface area contributed by atoms with E-state index < -0.39 is 5.60 Å². The number of likely N-dealkylation sites (N-methyl/N-ethyl adjacent to an activating group) is 1. The van der Waals surface area contributed by atoms with Gasteiger partial charge in [0.15, 0.2) is 0 Å². The second kappa shape index (κ2) is 6.21. The van der Waals surface area contributed by atoms with Gasteiger partial charge in [-0.1, -0.05) is 13.8 Å². The molecule has 3 heterocycles. The molecule has 0 saturated carbocycles. The smallest absolute Gasteiger partial charge is 0.257 e. The third-order valence-corrected chi connectivity index (χ3v) is 5.81. The highest BCUT2D eigenvalue weighted by molar-refractivity contribution is 5.95. The number of carbonyl (C=O) groups is 1. The molecule has 138 valence electrons. The van der Waals surface area contributed by atoms with Gasteiger partial charge in [-0.3, -0.25) is 4.79 Å². The lowest BCUT2D eigenvalue weighted by Crippen LogP contribution is -2.45. The van der Waals surface area contributed by atoms with Crippen LogP contribution < -0.4 is 4.90 Å². The molecule has 0 aliphatic carbocycles. The van der Waals surface area contributed by atoms with E-state index in [1.165, 1.54) is 0 Å². The highest BCUT2D eigenvalue weighted by atomic mass is 16.3. The third-order valence-electron chi connectivity index (χ3n) is 5.81. The van der Waals surface area contributed by atoms with E-state index in [0.717, 1.165) is 26.2 Å². The number of amides is 1. The first-order chi connectivity index (χ1) is 11.6. The SMILES string of the molecule is Cc1nc(N2CCN(C)CC2)ncc1C(=O)N1CC(C)(C)[C@](C)(O)C1. The van der Waals surface area contributed by atoms with Crippen LogP contribution in [0.3, 0.4) is 0 Å². The summed E-state index contributed by atoms with van der Waals surface area (Å²) in [4.78, 5) is 28.0. The largest absolute Gasteiger partial charge is 0.388 e. The second-order valence-corrected chi connectivity index (χ2v) is 8.28. The molecular weight excluding hydrogens is 318 g/mol. The molecule has 1 atom stereocenters. The van der Waals surface area contributed by atoms with Gasteiger partial charge in [0.2, 0.25) is 5.95 Å². The average molecular weight is 347 g/mol. The van der Waals surface area contributed by atoms with Crippen LogP contribution in [-0.2, 0) is 0 Å². The molecule has 0 radical (unpaired) electrons. The topological polar surface area (TPSA) is 72.8 Å². The summed E-state index contributed by atoms with van der Waals surface area (Å²) >= 11 is 0. The van der Waals surface area contributed by atoms with Crippen LogP contribution in [-0.4, -0.2) is 82.7 Å². The number of aliphatic hydroxyl groups is 1. The molecule has 1 amide bonds. The summed E-state index contributed by atoms with van der Waals surface area (Å²) in [6, 6.07) is 0. The van der Waals surface area contributed by atoms with Crippen LogP contribution in [0.5, 0.6) is 0 Å². The van der Waals surface area contributed by atoms with Crippen molar-refractivity contribution >= 4 is 11.9 Å². The van der Waals surface area contributed by atoms with Gasteiger partial charge in [0, 0.05) is 44.3 Å². The van der Waals surface area contributed by atoms with Crippen LogP contribution in [0.1, 0.15) is 36.8 Å². The highest BCUT2D eigenvalue weighted by Crippen LogP contribution is 2.39. The molecule has 2 aliphatic rings. The van der Waals surface area contributed by atoms with Gasteiger partial charge in [0.25, 0.3) is 5.91 Å². The average Bonchev–Trinajstić information content (AvgIpc) is 2.75. The fraction of sp³-hybridized carbons (Fsp3) is 0.722. The van der Waals surface area contributed by atoms with Gasteiger partial charge in [-0.05, 0) is 20.9 Å². The molecule has 0 unspecified atom stereocenters. The number of piperazine rings is 1. The minimum atomic E-state index is -0.892. The minimum absolute atomic E-state index is 0.103. The van der Waals surface area contributed by atoms with Crippen LogP contribution in [0, 0.1) is 12.3 Å². The number of anilines is 1. The number of β-amino-alcohol motifs (C(OH)–C–C–N with tert-alkyl or cyclic N) is 1. The Morgan fingerprint density at radius 1 is 1.16 bits per heavy atom. The Morgan fingerprint density at radius 2 is 1.80 bits per heavy atom. The molecule has 25 heavy (non-hydrogen) atoms.